The number of hydrogen-bond acceptors (Lipinski definition) is 4. The lowest BCUT2D eigenvalue weighted by Crippen LogP contribution is -2.56. The topological polar surface area (TPSA) is 52.7 Å². The van der Waals surface area contributed by atoms with Crippen molar-refractivity contribution in [3.8, 4) is 0 Å². The largest absolute Gasteiger partial charge is 0.350 e. The molecule has 5 nitrogen and oxygen atoms in total. The summed E-state index contributed by atoms with van der Waals surface area (Å²) in [5.74, 6) is 0.908. The van der Waals surface area contributed by atoms with Gasteiger partial charge in [0.05, 0.1) is 10.8 Å². The van der Waals surface area contributed by atoms with Gasteiger partial charge in [0.15, 0.2) is 0 Å². The fourth-order valence-electron chi connectivity index (χ4n) is 5.36. The van der Waals surface area contributed by atoms with E-state index in [0.29, 0.717) is 12.0 Å². The molecule has 1 N–H and O–H groups in total. The quantitative estimate of drug-likeness (QED) is 0.861. The van der Waals surface area contributed by atoms with Crippen LogP contribution >= 0.6 is 11.3 Å². The highest BCUT2D eigenvalue weighted by Crippen LogP contribution is 2.44. The molecule has 148 valence electrons. The first-order chi connectivity index (χ1) is 12.9. The van der Waals surface area contributed by atoms with Crippen molar-refractivity contribution in [2.24, 2.45) is 11.8 Å². The second-order valence-corrected chi connectivity index (χ2v) is 9.94. The Labute approximate surface area is 166 Å². The minimum atomic E-state index is -0.107. The molecule has 3 aliphatic heterocycles. The molecule has 6 heteroatoms. The Morgan fingerprint density at radius 3 is 2.70 bits per heavy atom. The molecule has 1 aromatic rings. The zero-order valence-corrected chi connectivity index (χ0v) is 17.5. The molecular formula is C21H31N3O2S. The van der Waals surface area contributed by atoms with E-state index >= 15 is 0 Å². The molecule has 0 saturated carbocycles. The molecule has 4 heterocycles. The SMILES string of the molecule is CCC[C@@H](C)N1C[C@H]2C(=O)NC3(CCN(C(=O)c4ccc(C)s4)CC3)[C@H]2C1. The highest BCUT2D eigenvalue weighted by Gasteiger charge is 2.57. The van der Waals surface area contributed by atoms with E-state index in [1.165, 1.54) is 17.7 Å². The Kier molecular flexibility index (Phi) is 5.06. The maximum absolute atomic E-state index is 12.8. The van der Waals surface area contributed by atoms with Crippen molar-refractivity contribution in [3.63, 3.8) is 0 Å². The standard InChI is InChI=1S/C21H31N3O2S/c1-4-5-14(2)24-12-16-17(13-24)21(22-19(16)25)8-10-23(11-9-21)20(26)18-7-6-15(3)27-18/h6-7,14,16-17H,4-5,8-13H2,1-3H3,(H,22,25)/t14-,16-,17+/m1/s1. The summed E-state index contributed by atoms with van der Waals surface area (Å²) in [6.45, 7) is 9.95. The summed E-state index contributed by atoms with van der Waals surface area (Å²) >= 11 is 1.57. The van der Waals surface area contributed by atoms with Gasteiger partial charge in [0.2, 0.25) is 5.91 Å². The van der Waals surface area contributed by atoms with Gasteiger partial charge in [-0.2, -0.15) is 0 Å². The minimum absolute atomic E-state index is 0.107. The molecule has 2 amide bonds. The highest BCUT2D eigenvalue weighted by molar-refractivity contribution is 7.13. The lowest BCUT2D eigenvalue weighted by molar-refractivity contribution is -0.123. The molecule has 1 aromatic heterocycles. The molecule has 1 spiro atoms. The molecule has 0 unspecified atom stereocenters. The Morgan fingerprint density at radius 2 is 2.07 bits per heavy atom. The number of aryl methyl sites for hydroxylation is 1. The van der Waals surface area contributed by atoms with Gasteiger partial charge >= 0.3 is 0 Å². The van der Waals surface area contributed by atoms with Crippen LogP contribution in [0.3, 0.4) is 0 Å². The van der Waals surface area contributed by atoms with Gasteiger partial charge in [-0.3, -0.25) is 14.5 Å². The first-order valence-corrected chi connectivity index (χ1v) is 11.2. The van der Waals surface area contributed by atoms with Crippen molar-refractivity contribution < 1.29 is 9.59 Å². The van der Waals surface area contributed by atoms with Crippen molar-refractivity contribution in [2.75, 3.05) is 26.2 Å². The molecule has 3 fully saturated rings. The van der Waals surface area contributed by atoms with Crippen molar-refractivity contribution in [2.45, 2.75) is 58.0 Å². The average molecular weight is 390 g/mol. The van der Waals surface area contributed by atoms with Gasteiger partial charge in [0.1, 0.15) is 0 Å². The van der Waals surface area contributed by atoms with Crippen LogP contribution in [0.25, 0.3) is 0 Å². The Bertz CT molecular complexity index is 723. The van der Waals surface area contributed by atoms with Gasteiger partial charge in [-0.15, -0.1) is 11.3 Å². The van der Waals surface area contributed by atoms with Gasteiger partial charge in [0, 0.05) is 48.6 Å². The van der Waals surface area contributed by atoms with Gasteiger partial charge in [-0.05, 0) is 45.2 Å². The Morgan fingerprint density at radius 1 is 1.33 bits per heavy atom. The van der Waals surface area contributed by atoms with Crippen LogP contribution in [0.4, 0.5) is 0 Å². The second kappa shape index (κ2) is 7.21. The van der Waals surface area contributed by atoms with E-state index in [4.69, 9.17) is 0 Å². The monoisotopic (exact) mass is 389 g/mol. The van der Waals surface area contributed by atoms with Gasteiger partial charge < -0.3 is 10.2 Å². The summed E-state index contributed by atoms with van der Waals surface area (Å²) in [5.41, 5.74) is -0.107. The third-order valence-corrected chi connectivity index (χ3v) is 7.98. The first-order valence-electron chi connectivity index (χ1n) is 10.4. The van der Waals surface area contributed by atoms with Crippen molar-refractivity contribution in [1.29, 1.82) is 0 Å². The van der Waals surface area contributed by atoms with E-state index in [9.17, 15) is 9.59 Å². The first kappa shape index (κ1) is 18.9. The van der Waals surface area contributed by atoms with E-state index in [0.717, 1.165) is 43.9 Å². The van der Waals surface area contributed by atoms with Crippen LogP contribution in [-0.2, 0) is 4.79 Å². The molecular weight excluding hydrogens is 358 g/mol. The smallest absolute Gasteiger partial charge is 0.263 e. The normalized spacial score (nSPS) is 28.4. The van der Waals surface area contributed by atoms with E-state index in [1.807, 2.05) is 24.0 Å². The van der Waals surface area contributed by atoms with Crippen molar-refractivity contribution >= 4 is 23.2 Å². The molecule has 0 aromatic carbocycles. The van der Waals surface area contributed by atoms with Crippen LogP contribution in [0.15, 0.2) is 12.1 Å². The fraction of sp³-hybridized carbons (Fsp3) is 0.714. The number of carbonyl (C=O) groups is 2. The summed E-state index contributed by atoms with van der Waals surface area (Å²) in [4.78, 5) is 31.9. The summed E-state index contributed by atoms with van der Waals surface area (Å²) in [6.07, 6.45) is 4.14. The second-order valence-electron chi connectivity index (χ2n) is 8.65. The summed E-state index contributed by atoms with van der Waals surface area (Å²) in [7, 11) is 0. The van der Waals surface area contributed by atoms with Gasteiger partial charge in [-0.1, -0.05) is 13.3 Å². The fourth-order valence-corrected chi connectivity index (χ4v) is 6.20. The number of amides is 2. The van der Waals surface area contributed by atoms with Crippen LogP contribution in [-0.4, -0.2) is 59.4 Å². The number of nitrogens with one attached hydrogen (secondary N) is 1. The zero-order valence-electron chi connectivity index (χ0n) is 16.7. The molecule has 3 atom stereocenters. The number of fused-ring (bicyclic) bond motifs is 2. The number of rotatable bonds is 4. The van der Waals surface area contributed by atoms with Crippen LogP contribution in [0.5, 0.6) is 0 Å². The lowest BCUT2D eigenvalue weighted by Gasteiger charge is -2.43. The van der Waals surface area contributed by atoms with Crippen LogP contribution in [0, 0.1) is 18.8 Å². The van der Waals surface area contributed by atoms with E-state index in [2.05, 4.69) is 24.1 Å². The maximum atomic E-state index is 12.8. The molecule has 0 aliphatic carbocycles. The van der Waals surface area contributed by atoms with Crippen LogP contribution < -0.4 is 5.32 Å². The third-order valence-electron chi connectivity index (χ3n) is 6.99. The van der Waals surface area contributed by atoms with Crippen LogP contribution in [0.2, 0.25) is 0 Å². The number of likely N-dealkylation sites (tertiary alicyclic amines) is 2. The number of piperidine rings is 1. The summed E-state index contributed by atoms with van der Waals surface area (Å²) < 4.78 is 0. The molecule has 27 heavy (non-hydrogen) atoms. The number of carbonyl (C=O) groups excluding carboxylic acids is 2. The molecule has 3 aliphatic rings. The summed E-state index contributed by atoms with van der Waals surface area (Å²) in [6, 6.07) is 4.49. The van der Waals surface area contributed by atoms with E-state index < -0.39 is 0 Å². The van der Waals surface area contributed by atoms with Gasteiger partial charge in [0.25, 0.3) is 5.91 Å². The Balaban J connectivity index is 1.43. The van der Waals surface area contributed by atoms with Gasteiger partial charge in [-0.25, -0.2) is 0 Å². The van der Waals surface area contributed by atoms with E-state index in [1.54, 1.807) is 11.3 Å². The molecule has 4 rings (SSSR count). The third kappa shape index (κ3) is 3.31. The Hall–Kier alpha value is -1.40. The lowest BCUT2D eigenvalue weighted by atomic mass is 9.75. The van der Waals surface area contributed by atoms with E-state index in [-0.39, 0.29) is 23.3 Å². The predicted octanol–water partition coefficient (Wildman–Crippen LogP) is 2.90. The summed E-state index contributed by atoms with van der Waals surface area (Å²) in [5, 5.41) is 3.37. The average Bonchev–Trinajstić information content (AvgIpc) is 3.33. The number of thiophene rings is 1. The van der Waals surface area contributed by atoms with Crippen molar-refractivity contribution in [3.05, 3.63) is 21.9 Å². The number of nitrogens with zero attached hydrogens (tertiary/aromatic N) is 2. The molecule has 0 radical (unpaired) electrons. The minimum Gasteiger partial charge on any atom is -0.350 e. The zero-order chi connectivity index (χ0) is 19.2. The number of hydrogen-bond donors (Lipinski definition) is 1. The highest BCUT2D eigenvalue weighted by atomic mass is 32.1. The predicted molar refractivity (Wildman–Crippen MR) is 108 cm³/mol. The maximum Gasteiger partial charge on any atom is 0.263 e. The van der Waals surface area contributed by atoms with Crippen LogP contribution in [0.1, 0.15) is 54.1 Å². The van der Waals surface area contributed by atoms with Crippen molar-refractivity contribution in [1.82, 2.24) is 15.1 Å². The molecule has 0 bridgehead atoms. The molecule has 3 saturated heterocycles.